The van der Waals surface area contributed by atoms with E-state index < -0.39 is 5.60 Å². The van der Waals surface area contributed by atoms with Crippen molar-refractivity contribution in [1.82, 2.24) is 9.88 Å². The van der Waals surface area contributed by atoms with Crippen molar-refractivity contribution in [2.75, 3.05) is 7.11 Å². The van der Waals surface area contributed by atoms with Crippen LogP contribution in [0.15, 0.2) is 41.1 Å². The van der Waals surface area contributed by atoms with Crippen molar-refractivity contribution in [1.29, 1.82) is 0 Å². The van der Waals surface area contributed by atoms with Gasteiger partial charge in [0, 0.05) is 36.7 Å². The lowest BCUT2D eigenvalue weighted by Gasteiger charge is -2.43. The van der Waals surface area contributed by atoms with Crippen LogP contribution in [0.3, 0.4) is 0 Å². The SMILES string of the molecule is COc1ncccc1C1(O)C[C@@H]2CC[C@@H](C1)N2C(=O)c1ccco1. The Bertz CT molecular complexity index is 729. The fraction of sp³-hybridized carbons (Fsp3) is 0.444. The number of pyridine rings is 1. The van der Waals surface area contributed by atoms with Crippen LogP contribution in [0.25, 0.3) is 0 Å². The second kappa shape index (κ2) is 5.63. The Labute approximate surface area is 140 Å². The Morgan fingerprint density at radius 1 is 1.33 bits per heavy atom. The third kappa shape index (κ3) is 2.29. The number of carbonyl (C=O) groups is 1. The lowest BCUT2D eigenvalue weighted by molar-refractivity contribution is -0.0500. The molecular formula is C18H20N2O4. The molecule has 0 saturated carbocycles. The van der Waals surface area contributed by atoms with Gasteiger partial charge in [-0.05, 0) is 37.1 Å². The van der Waals surface area contributed by atoms with E-state index in [9.17, 15) is 9.90 Å². The molecule has 2 aliphatic heterocycles. The van der Waals surface area contributed by atoms with Gasteiger partial charge in [0.15, 0.2) is 5.76 Å². The molecule has 2 aromatic heterocycles. The molecule has 24 heavy (non-hydrogen) atoms. The summed E-state index contributed by atoms with van der Waals surface area (Å²) in [7, 11) is 1.55. The Morgan fingerprint density at radius 3 is 2.71 bits per heavy atom. The lowest BCUT2D eigenvalue weighted by atomic mass is 9.80. The van der Waals surface area contributed by atoms with Gasteiger partial charge in [-0.2, -0.15) is 0 Å². The quantitative estimate of drug-likeness (QED) is 0.936. The van der Waals surface area contributed by atoms with Crippen LogP contribution in [0, 0.1) is 0 Å². The van der Waals surface area contributed by atoms with Crippen LogP contribution in [0.1, 0.15) is 41.8 Å². The number of rotatable bonds is 3. The van der Waals surface area contributed by atoms with Crippen molar-refractivity contribution in [3.8, 4) is 5.88 Å². The van der Waals surface area contributed by atoms with E-state index in [0.717, 1.165) is 12.8 Å². The smallest absolute Gasteiger partial charge is 0.290 e. The summed E-state index contributed by atoms with van der Waals surface area (Å²) in [6.07, 6.45) is 5.91. The fourth-order valence-corrected chi connectivity index (χ4v) is 4.21. The van der Waals surface area contributed by atoms with Gasteiger partial charge >= 0.3 is 0 Å². The number of hydrogen-bond acceptors (Lipinski definition) is 5. The summed E-state index contributed by atoms with van der Waals surface area (Å²) < 4.78 is 10.6. The van der Waals surface area contributed by atoms with Gasteiger partial charge < -0.3 is 19.2 Å². The molecule has 2 fully saturated rings. The molecule has 6 heteroatoms. The van der Waals surface area contributed by atoms with Gasteiger partial charge in [0.1, 0.15) is 0 Å². The first-order valence-electron chi connectivity index (χ1n) is 8.20. The monoisotopic (exact) mass is 328 g/mol. The zero-order valence-corrected chi connectivity index (χ0v) is 13.5. The molecule has 0 spiro atoms. The molecule has 6 nitrogen and oxygen atoms in total. The molecule has 4 rings (SSSR count). The molecule has 0 unspecified atom stereocenters. The van der Waals surface area contributed by atoms with Crippen LogP contribution in [0.5, 0.6) is 5.88 Å². The molecule has 1 amide bonds. The molecule has 126 valence electrons. The minimum Gasteiger partial charge on any atom is -0.481 e. The van der Waals surface area contributed by atoms with Crippen molar-refractivity contribution in [2.45, 2.75) is 43.4 Å². The van der Waals surface area contributed by atoms with Crippen LogP contribution in [0.4, 0.5) is 0 Å². The molecule has 2 saturated heterocycles. The number of amides is 1. The summed E-state index contributed by atoms with van der Waals surface area (Å²) in [5, 5.41) is 11.3. The topological polar surface area (TPSA) is 75.8 Å². The highest BCUT2D eigenvalue weighted by Crippen LogP contribution is 2.47. The lowest BCUT2D eigenvalue weighted by Crippen LogP contribution is -2.52. The van der Waals surface area contributed by atoms with Gasteiger partial charge in [-0.1, -0.05) is 0 Å². The first kappa shape index (κ1) is 15.2. The zero-order valence-electron chi connectivity index (χ0n) is 13.5. The summed E-state index contributed by atoms with van der Waals surface area (Å²) in [5.41, 5.74) is -0.319. The summed E-state index contributed by atoms with van der Waals surface area (Å²) in [6, 6.07) is 7.06. The molecule has 4 heterocycles. The summed E-state index contributed by atoms with van der Waals surface area (Å²) in [6.45, 7) is 0. The van der Waals surface area contributed by atoms with Gasteiger partial charge in [-0.3, -0.25) is 4.79 Å². The van der Waals surface area contributed by atoms with Crippen molar-refractivity contribution >= 4 is 5.91 Å². The van der Waals surface area contributed by atoms with Crippen LogP contribution in [0.2, 0.25) is 0 Å². The second-order valence-corrected chi connectivity index (χ2v) is 6.57. The number of carbonyl (C=O) groups excluding carboxylic acids is 1. The summed E-state index contributed by atoms with van der Waals surface area (Å²) in [5.74, 6) is 0.717. The van der Waals surface area contributed by atoms with E-state index in [2.05, 4.69) is 4.98 Å². The molecule has 2 atom stereocenters. The number of piperidine rings is 1. The van der Waals surface area contributed by atoms with Gasteiger partial charge in [-0.25, -0.2) is 4.98 Å². The average Bonchev–Trinajstić information content (AvgIpc) is 3.22. The van der Waals surface area contributed by atoms with E-state index in [1.807, 2.05) is 11.0 Å². The van der Waals surface area contributed by atoms with Gasteiger partial charge in [0.05, 0.1) is 19.0 Å². The number of nitrogens with zero attached hydrogens (tertiary/aromatic N) is 2. The van der Waals surface area contributed by atoms with Crippen molar-refractivity contribution in [3.63, 3.8) is 0 Å². The van der Waals surface area contributed by atoms with Crippen molar-refractivity contribution < 1.29 is 19.1 Å². The number of furan rings is 1. The Balaban J connectivity index is 1.63. The second-order valence-electron chi connectivity index (χ2n) is 6.57. The normalized spacial score (nSPS) is 28.8. The molecule has 0 aromatic carbocycles. The minimum absolute atomic E-state index is 0.00346. The number of methoxy groups -OCH3 is 1. The number of fused-ring (bicyclic) bond motifs is 2. The molecular weight excluding hydrogens is 308 g/mol. The molecule has 0 aliphatic carbocycles. The van der Waals surface area contributed by atoms with Crippen LogP contribution in [-0.2, 0) is 5.60 Å². The fourth-order valence-electron chi connectivity index (χ4n) is 4.21. The van der Waals surface area contributed by atoms with Crippen molar-refractivity contribution in [3.05, 3.63) is 48.0 Å². The molecule has 2 aromatic rings. The van der Waals surface area contributed by atoms with Crippen molar-refractivity contribution in [2.24, 2.45) is 0 Å². The third-order valence-corrected chi connectivity index (χ3v) is 5.20. The highest BCUT2D eigenvalue weighted by atomic mass is 16.5. The van der Waals surface area contributed by atoms with Crippen LogP contribution >= 0.6 is 0 Å². The van der Waals surface area contributed by atoms with Gasteiger partial charge in [-0.15, -0.1) is 0 Å². The predicted molar refractivity (Wildman–Crippen MR) is 85.6 cm³/mol. The molecule has 0 radical (unpaired) electrons. The highest BCUT2D eigenvalue weighted by molar-refractivity contribution is 5.92. The van der Waals surface area contributed by atoms with E-state index >= 15 is 0 Å². The Hall–Kier alpha value is -2.34. The van der Waals surface area contributed by atoms with Crippen LogP contribution in [-0.4, -0.2) is 40.1 Å². The Morgan fingerprint density at radius 2 is 2.08 bits per heavy atom. The van der Waals surface area contributed by atoms with E-state index in [-0.39, 0.29) is 18.0 Å². The minimum atomic E-state index is -1.02. The number of ether oxygens (including phenoxy) is 1. The first-order chi connectivity index (χ1) is 11.6. The average molecular weight is 328 g/mol. The largest absolute Gasteiger partial charge is 0.481 e. The number of aromatic nitrogens is 1. The molecule has 1 N–H and O–H groups in total. The zero-order chi connectivity index (χ0) is 16.7. The predicted octanol–water partition coefficient (Wildman–Crippen LogP) is 2.34. The van der Waals surface area contributed by atoms with Gasteiger partial charge in [0.2, 0.25) is 5.88 Å². The van der Waals surface area contributed by atoms with E-state index in [0.29, 0.717) is 30.0 Å². The maximum atomic E-state index is 12.7. The highest BCUT2D eigenvalue weighted by Gasteiger charge is 2.51. The maximum absolute atomic E-state index is 12.7. The number of hydrogen-bond donors (Lipinski definition) is 1. The summed E-state index contributed by atoms with van der Waals surface area (Å²) >= 11 is 0. The van der Waals surface area contributed by atoms with E-state index in [4.69, 9.17) is 9.15 Å². The van der Waals surface area contributed by atoms with Crippen LogP contribution < -0.4 is 4.74 Å². The Kier molecular flexibility index (Phi) is 3.57. The summed E-state index contributed by atoms with van der Waals surface area (Å²) in [4.78, 5) is 18.8. The molecule has 2 bridgehead atoms. The van der Waals surface area contributed by atoms with E-state index in [1.54, 1.807) is 31.5 Å². The third-order valence-electron chi connectivity index (χ3n) is 5.20. The van der Waals surface area contributed by atoms with E-state index in [1.165, 1.54) is 6.26 Å². The van der Waals surface area contributed by atoms with Gasteiger partial charge in [0.25, 0.3) is 5.91 Å². The maximum Gasteiger partial charge on any atom is 0.290 e. The first-order valence-corrected chi connectivity index (χ1v) is 8.20. The molecule has 2 aliphatic rings. The standard InChI is InChI=1S/C18H20N2O4/c1-23-16-14(4-2-8-19-16)18(22)10-12-6-7-13(11-18)20(12)17(21)15-5-3-9-24-15/h2-5,8-9,12-13,22H,6-7,10-11H2,1H3/t12-,13-/m0/s1. The number of aliphatic hydroxyl groups is 1.